The van der Waals surface area contributed by atoms with Gasteiger partial charge in [-0.15, -0.1) is 0 Å². The summed E-state index contributed by atoms with van der Waals surface area (Å²) in [5, 5.41) is 31.8. The second-order valence-corrected chi connectivity index (χ2v) is 8.32. The van der Waals surface area contributed by atoms with E-state index in [1.54, 1.807) is 32.9 Å². The quantitative estimate of drug-likeness (QED) is 0.329. The molecule has 0 heterocycles. The molecule has 0 unspecified atom stereocenters. The van der Waals surface area contributed by atoms with Crippen molar-refractivity contribution in [3.05, 3.63) is 58.7 Å². The van der Waals surface area contributed by atoms with Gasteiger partial charge >= 0.3 is 7.12 Å². The lowest BCUT2D eigenvalue weighted by Crippen LogP contribution is -2.56. The van der Waals surface area contributed by atoms with Crippen LogP contribution in [0.2, 0.25) is 0 Å². The van der Waals surface area contributed by atoms with Crippen LogP contribution < -0.4 is 16.2 Å². The molecule has 0 atom stereocenters. The van der Waals surface area contributed by atoms with E-state index in [1.807, 2.05) is 26.0 Å². The Morgan fingerprint density at radius 3 is 2.19 bits per heavy atom. The van der Waals surface area contributed by atoms with Gasteiger partial charge in [0.1, 0.15) is 6.54 Å². The molecule has 0 bridgehead atoms. The van der Waals surface area contributed by atoms with Crippen LogP contribution in [0.4, 0.5) is 5.69 Å². The van der Waals surface area contributed by atoms with E-state index in [1.165, 1.54) is 23.2 Å². The molecule has 162 valence electrons. The predicted octanol–water partition coefficient (Wildman–Crippen LogP) is 1.50. The first kappa shape index (κ1) is 23.9. The molecule has 0 saturated heterocycles. The molecule has 0 radical (unpaired) electrons. The monoisotopic (exact) mass is 422 g/mol. The van der Waals surface area contributed by atoms with Crippen molar-refractivity contribution in [1.29, 1.82) is 5.26 Å². The Labute approximate surface area is 182 Å². The molecular formula is C22H27BN4O4. The van der Waals surface area contributed by atoms with Gasteiger partial charge in [0, 0.05) is 22.3 Å². The van der Waals surface area contributed by atoms with Gasteiger partial charge < -0.3 is 15.4 Å². The third-order valence-electron chi connectivity index (χ3n) is 4.51. The van der Waals surface area contributed by atoms with Crippen molar-refractivity contribution < 1.29 is 19.6 Å². The van der Waals surface area contributed by atoms with E-state index < -0.39 is 18.6 Å². The Kier molecular flexibility index (Phi) is 7.44. The lowest BCUT2D eigenvalue weighted by molar-refractivity contribution is 0.0358. The highest BCUT2D eigenvalue weighted by Gasteiger charge is 2.30. The minimum absolute atomic E-state index is 0.0793. The number of rotatable bonds is 5. The molecule has 2 aromatic carbocycles. The van der Waals surface area contributed by atoms with Crippen LogP contribution in [-0.4, -0.2) is 46.1 Å². The number of amides is 2. The maximum Gasteiger partial charge on any atom is 0.490 e. The van der Waals surface area contributed by atoms with Gasteiger partial charge in [0.2, 0.25) is 0 Å². The molecule has 0 spiro atoms. The number of carbonyl (C=O) groups is 2. The second kappa shape index (κ2) is 9.64. The number of hydrogen-bond donors (Lipinski definition) is 4. The van der Waals surface area contributed by atoms with E-state index in [2.05, 4.69) is 10.7 Å². The van der Waals surface area contributed by atoms with Crippen LogP contribution >= 0.6 is 0 Å². The topological polar surface area (TPSA) is 126 Å². The Bertz CT molecular complexity index is 1000. The Balaban J connectivity index is 2.37. The summed E-state index contributed by atoms with van der Waals surface area (Å²) in [4.78, 5) is 26.2. The van der Waals surface area contributed by atoms with Crippen molar-refractivity contribution in [2.75, 3.05) is 11.9 Å². The van der Waals surface area contributed by atoms with Crippen molar-refractivity contribution in [3.63, 3.8) is 0 Å². The van der Waals surface area contributed by atoms with Gasteiger partial charge in [-0.2, -0.15) is 5.26 Å². The average molecular weight is 422 g/mol. The summed E-state index contributed by atoms with van der Waals surface area (Å²) in [6.07, 6.45) is 0. The average Bonchev–Trinajstić information content (AvgIpc) is 2.67. The number of hydrazine groups is 1. The molecule has 4 N–H and O–H groups in total. The van der Waals surface area contributed by atoms with E-state index in [0.29, 0.717) is 5.56 Å². The SMILES string of the molecule is Cc1cc(C)cc(C(=O)N(NC(=O)c2ccc(B(O)O)c(NCC#N)c2)C(C)(C)C)c1. The summed E-state index contributed by atoms with van der Waals surface area (Å²) < 4.78 is 0. The molecule has 31 heavy (non-hydrogen) atoms. The summed E-state index contributed by atoms with van der Waals surface area (Å²) >= 11 is 0. The van der Waals surface area contributed by atoms with Crippen LogP contribution in [0.15, 0.2) is 36.4 Å². The van der Waals surface area contributed by atoms with Crippen molar-refractivity contribution >= 4 is 30.1 Å². The number of anilines is 1. The van der Waals surface area contributed by atoms with Crippen molar-refractivity contribution in [2.24, 2.45) is 0 Å². The van der Waals surface area contributed by atoms with Crippen LogP contribution in [0, 0.1) is 25.2 Å². The molecule has 0 aromatic heterocycles. The smallest absolute Gasteiger partial charge is 0.423 e. The maximum atomic E-state index is 13.2. The normalized spacial score (nSPS) is 10.8. The molecule has 0 fully saturated rings. The number of aryl methyl sites for hydroxylation is 2. The molecule has 0 aliphatic carbocycles. The Morgan fingerprint density at radius 2 is 1.68 bits per heavy atom. The van der Waals surface area contributed by atoms with E-state index in [9.17, 15) is 19.6 Å². The van der Waals surface area contributed by atoms with Gasteiger partial charge in [0.05, 0.1) is 11.6 Å². The van der Waals surface area contributed by atoms with Crippen LogP contribution in [0.3, 0.4) is 0 Å². The number of hydrogen-bond acceptors (Lipinski definition) is 6. The number of nitrogens with one attached hydrogen (secondary N) is 2. The second-order valence-electron chi connectivity index (χ2n) is 8.32. The third-order valence-corrected chi connectivity index (χ3v) is 4.51. The summed E-state index contributed by atoms with van der Waals surface area (Å²) in [5.74, 6) is -0.899. The number of nitriles is 1. The molecule has 0 saturated carbocycles. The summed E-state index contributed by atoms with van der Waals surface area (Å²) in [7, 11) is -1.77. The molecule has 2 aromatic rings. The largest absolute Gasteiger partial charge is 0.490 e. The highest BCUT2D eigenvalue weighted by molar-refractivity contribution is 6.60. The van der Waals surface area contributed by atoms with E-state index >= 15 is 0 Å². The zero-order valence-corrected chi connectivity index (χ0v) is 18.4. The fourth-order valence-corrected chi connectivity index (χ4v) is 3.13. The van der Waals surface area contributed by atoms with Gasteiger partial charge in [-0.25, -0.2) is 5.01 Å². The van der Waals surface area contributed by atoms with Gasteiger partial charge in [-0.3, -0.25) is 15.0 Å². The summed E-state index contributed by atoms with van der Waals surface area (Å²) in [6, 6.07) is 11.6. The lowest BCUT2D eigenvalue weighted by Gasteiger charge is -2.35. The van der Waals surface area contributed by atoms with Crippen molar-refractivity contribution in [2.45, 2.75) is 40.2 Å². The zero-order valence-electron chi connectivity index (χ0n) is 18.4. The van der Waals surface area contributed by atoms with E-state index in [-0.39, 0.29) is 29.2 Å². The van der Waals surface area contributed by atoms with Crippen LogP contribution in [0.5, 0.6) is 0 Å². The molecule has 2 rings (SSSR count). The fraction of sp³-hybridized carbons (Fsp3) is 0.318. The first-order valence-electron chi connectivity index (χ1n) is 9.78. The minimum atomic E-state index is -1.77. The highest BCUT2D eigenvalue weighted by atomic mass is 16.4. The third kappa shape index (κ3) is 6.07. The van der Waals surface area contributed by atoms with Crippen LogP contribution in [0.25, 0.3) is 0 Å². The van der Waals surface area contributed by atoms with Gasteiger partial charge in [0.25, 0.3) is 11.8 Å². The molecule has 9 heteroatoms. The fourth-order valence-electron chi connectivity index (χ4n) is 3.13. The van der Waals surface area contributed by atoms with Crippen LogP contribution in [0.1, 0.15) is 52.6 Å². The highest BCUT2D eigenvalue weighted by Crippen LogP contribution is 2.18. The summed E-state index contributed by atoms with van der Waals surface area (Å²) in [6.45, 7) is 9.13. The molecule has 0 aliphatic heterocycles. The molecule has 8 nitrogen and oxygen atoms in total. The molecule has 0 aliphatic rings. The van der Waals surface area contributed by atoms with Crippen molar-refractivity contribution in [3.8, 4) is 6.07 Å². The van der Waals surface area contributed by atoms with Gasteiger partial charge in [-0.1, -0.05) is 23.3 Å². The minimum Gasteiger partial charge on any atom is -0.423 e. The van der Waals surface area contributed by atoms with Crippen molar-refractivity contribution in [1.82, 2.24) is 10.4 Å². The lowest BCUT2D eigenvalue weighted by atomic mass is 9.78. The van der Waals surface area contributed by atoms with Gasteiger partial charge in [-0.05, 0) is 58.9 Å². The molecule has 2 amide bonds. The van der Waals surface area contributed by atoms with Crippen LogP contribution in [-0.2, 0) is 0 Å². The van der Waals surface area contributed by atoms with Gasteiger partial charge in [0.15, 0.2) is 0 Å². The first-order valence-corrected chi connectivity index (χ1v) is 9.78. The number of carbonyl (C=O) groups excluding carboxylic acids is 2. The van der Waals surface area contributed by atoms with E-state index in [0.717, 1.165) is 11.1 Å². The first-order chi connectivity index (χ1) is 14.4. The Hall–Kier alpha value is -3.35. The maximum absolute atomic E-state index is 13.2. The number of nitrogens with zero attached hydrogens (tertiary/aromatic N) is 2. The van der Waals surface area contributed by atoms with E-state index in [4.69, 9.17) is 5.26 Å². The zero-order chi connectivity index (χ0) is 23.3. The predicted molar refractivity (Wildman–Crippen MR) is 120 cm³/mol. The Morgan fingerprint density at radius 1 is 1.06 bits per heavy atom. The standard InChI is InChI=1S/C22H27BN4O4/c1-14-10-15(2)12-17(11-14)21(29)27(22(3,4)5)26-20(28)16-6-7-18(23(30)31)19(13-16)25-9-8-24/h6-7,10-13,25,30-31H,9H2,1-5H3,(H,26,28). The summed E-state index contributed by atoms with van der Waals surface area (Å²) in [5.41, 5.74) is 4.86. The molecular weight excluding hydrogens is 395 g/mol. The number of benzene rings is 2.